The molecular weight excluding hydrogens is 386 g/mol. The van der Waals surface area contributed by atoms with Crippen molar-refractivity contribution in [1.82, 2.24) is 10.6 Å². The van der Waals surface area contributed by atoms with Crippen molar-refractivity contribution in [3.05, 3.63) is 0 Å². The van der Waals surface area contributed by atoms with Gasteiger partial charge in [0.25, 0.3) is 0 Å². The number of hydrogen-bond donors (Lipinski definition) is 4. The molecule has 10 nitrogen and oxygen atoms in total. The lowest BCUT2D eigenvalue weighted by Crippen LogP contribution is -2.48. The Kier molecular flexibility index (Phi) is 8.26. The maximum Gasteiger partial charge on any atom is 0.426 e. The molecule has 0 aromatic heterocycles. The number of esters is 2. The van der Waals surface area contributed by atoms with Crippen LogP contribution < -0.4 is 22.1 Å². The highest BCUT2D eigenvalue weighted by Crippen LogP contribution is 2.18. The van der Waals surface area contributed by atoms with Crippen molar-refractivity contribution in [1.29, 1.82) is 0 Å². The number of nitrogens with two attached hydrogens (primary N) is 2. The first-order valence-corrected chi connectivity index (χ1v) is 6.28. The lowest BCUT2D eigenvalue weighted by molar-refractivity contribution is -0.160. The number of ether oxygens (including phenoxy) is 2. The fourth-order valence-electron chi connectivity index (χ4n) is 0.942. The number of carbonyl (C=O) groups excluding carboxylic acids is 4. The maximum absolute atomic E-state index is 12.1. The minimum Gasteiger partial charge on any atom is -0.368 e. The normalized spacial score (nSPS) is 14.0. The van der Waals surface area contributed by atoms with E-state index >= 15 is 0 Å². The smallest absolute Gasteiger partial charge is 0.368 e. The fraction of sp³-hybridized carbons (Fsp3) is 0.600. The highest BCUT2D eigenvalue weighted by molar-refractivity contribution is 6.33. The highest BCUT2D eigenvalue weighted by Gasteiger charge is 2.38. The quantitative estimate of drug-likeness (QED) is 0.208. The summed E-state index contributed by atoms with van der Waals surface area (Å²) >= 11 is 0. The third-order valence-corrected chi connectivity index (χ3v) is 2.31. The van der Waals surface area contributed by atoms with Gasteiger partial charge >= 0.3 is 36.5 Å². The summed E-state index contributed by atoms with van der Waals surface area (Å²) in [5.74, 6) is -4.25. The molecule has 0 aromatic rings. The van der Waals surface area contributed by atoms with Crippen molar-refractivity contribution in [3.63, 3.8) is 0 Å². The van der Waals surface area contributed by atoms with Crippen LogP contribution in [0.1, 0.15) is 0 Å². The van der Waals surface area contributed by atoms with Gasteiger partial charge in [0.1, 0.15) is 12.1 Å². The molecule has 0 radical (unpaired) electrons. The molecule has 16 heteroatoms. The predicted octanol–water partition coefficient (Wildman–Crippen LogP) is -0.729. The summed E-state index contributed by atoms with van der Waals surface area (Å²) in [5.41, 5.74) is 9.26. The number of rotatable bonds is 4. The molecule has 0 aromatic carbocycles. The van der Waals surface area contributed by atoms with Gasteiger partial charge in [0.2, 0.25) is 0 Å². The third-order valence-electron chi connectivity index (χ3n) is 2.31. The Hall–Kier alpha value is -2.62. The van der Waals surface area contributed by atoms with E-state index in [0.29, 0.717) is 0 Å². The molecule has 0 bridgehead atoms. The second-order valence-electron chi connectivity index (χ2n) is 4.41. The Morgan fingerprint density at radius 3 is 1.23 bits per heavy atom. The topological polar surface area (TPSA) is 163 Å². The molecule has 0 saturated carbocycles. The summed E-state index contributed by atoms with van der Waals surface area (Å²) in [4.78, 5) is 44.0. The van der Waals surface area contributed by atoms with E-state index in [1.54, 1.807) is 0 Å². The molecule has 0 saturated heterocycles. The zero-order valence-corrected chi connectivity index (χ0v) is 12.4. The lowest BCUT2D eigenvalue weighted by atomic mass is 10.3. The van der Waals surface area contributed by atoms with Crippen LogP contribution in [0.5, 0.6) is 0 Å². The molecule has 0 rings (SSSR count). The van der Waals surface area contributed by atoms with Crippen LogP contribution in [0.4, 0.5) is 35.9 Å². The van der Waals surface area contributed by atoms with Crippen LogP contribution >= 0.6 is 0 Å². The van der Waals surface area contributed by atoms with Crippen molar-refractivity contribution in [2.75, 3.05) is 13.1 Å². The van der Waals surface area contributed by atoms with E-state index in [1.807, 2.05) is 0 Å². The number of carbonyl (C=O) groups is 4. The Bertz CT molecular complexity index is 503. The molecule has 2 atom stereocenters. The van der Waals surface area contributed by atoms with E-state index in [9.17, 15) is 45.5 Å². The lowest BCUT2D eigenvalue weighted by Gasteiger charge is -2.15. The number of amides is 2. The van der Waals surface area contributed by atoms with Crippen LogP contribution in [0.25, 0.3) is 0 Å². The van der Waals surface area contributed by atoms with Gasteiger partial charge in [-0.2, -0.15) is 26.3 Å². The Morgan fingerprint density at radius 2 is 1.00 bits per heavy atom. The summed E-state index contributed by atoms with van der Waals surface area (Å²) in [7, 11) is 0. The molecule has 0 aliphatic rings. The van der Waals surface area contributed by atoms with Crippen LogP contribution in [0.3, 0.4) is 0 Å². The summed E-state index contributed by atoms with van der Waals surface area (Å²) in [6, 6.07) is -4.97. The summed E-state index contributed by atoms with van der Waals surface area (Å²) < 4.78 is 79.7. The SMILES string of the molecule is NC(CNC(=O)OC(=O)C(=O)OC(=O)NCC(N)C(F)(F)F)C(F)(F)F. The maximum atomic E-state index is 12.1. The highest BCUT2D eigenvalue weighted by atomic mass is 19.4. The molecule has 0 fully saturated rings. The van der Waals surface area contributed by atoms with Gasteiger partial charge in [0, 0.05) is 13.1 Å². The Morgan fingerprint density at radius 1 is 0.731 bits per heavy atom. The average Bonchev–Trinajstić information content (AvgIpc) is 2.47. The first-order chi connectivity index (χ1) is 11.6. The zero-order chi connectivity index (χ0) is 20.7. The van der Waals surface area contributed by atoms with Gasteiger partial charge in [-0.25, -0.2) is 19.2 Å². The number of nitrogens with one attached hydrogen (secondary N) is 2. The number of hydrogen-bond acceptors (Lipinski definition) is 8. The standard InChI is InChI=1S/C10H12F6N4O6/c11-9(12,13)3(17)1-19-7(23)25-5(21)6(22)26-8(24)20-2-4(18)10(14,15)16/h3-4H,1-2,17-18H2,(H,19,23)(H,20,24). The van der Waals surface area contributed by atoms with Crippen LogP contribution in [0.2, 0.25) is 0 Å². The minimum absolute atomic E-state index is 1.19. The fourth-order valence-corrected chi connectivity index (χ4v) is 0.942. The second kappa shape index (κ2) is 9.18. The van der Waals surface area contributed by atoms with Crippen molar-refractivity contribution in [3.8, 4) is 0 Å². The molecule has 6 N–H and O–H groups in total. The molecule has 2 unspecified atom stereocenters. The minimum atomic E-state index is -4.86. The molecule has 0 aliphatic heterocycles. The molecule has 0 aliphatic carbocycles. The molecule has 26 heavy (non-hydrogen) atoms. The van der Waals surface area contributed by atoms with Gasteiger partial charge in [-0.3, -0.25) is 0 Å². The number of halogens is 6. The monoisotopic (exact) mass is 398 g/mol. The molecule has 0 heterocycles. The van der Waals surface area contributed by atoms with E-state index in [0.717, 1.165) is 0 Å². The van der Waals surface area contributed by atoms with E-state index in [-0.39, 0.29) is 0 Å². The van der Waals surface area contributed by atoms with Gasteiger partial charge in [-0.15, -0.1) is 0 Å². The van der Waals surface area contributed by atoms with E-state index in [2.05, 4.69) is 20.9 Å². The summed E-state index contributed by atoms with van der Waals surface area (Å²) in [6.07, 6.45) is -13.3. The van der Waals surface area contributed by atoms with Gasteiger partial charge in [0.05, 0.1) is 0 Å². The van der Waals surface area contributed by atoms with Gasteiger partial charge in [-0.1, -0.05) is 0 Å². The predicted molar refractivity (Wildman–Crippen MR) is 67.0 cm³/mol. The van der Waals surface area contributed by atoms with E-state index < -0.39 is 61.7 Å². The Labute approximate surface area is 140 Å². The number of alkyl halides is 6. The molecule has 0 spiro atoms. The van der Waals surface area contributed by atoms with Crippen LogP contribution in [0, 0.1) is 0 Å². The third kappa shape index (κ3) is 9.02. The van der Waals surface area contributed by atoms with Gasteiger partial charge in [-0.05, 0) is 0 Å². The first-order valence-electron chi connectivity index (χ1n) is 6.28. The average molecular weight is 398 g/mol. The summed E-state index contributed by atoms with van der Waals surface area (Å²) in [6.45, 7) is -2.39. The molecule has 2 amide bonds. The second-order valence-corrected chi connectivity index (χ2v) is 4.41. The van der Waals surface area contributed by atoms with Gasteiger partial charge in [0.15, 0.2) is 0 Å². The van der Waals surface area contributed by atoms with Crippen LogP contribution in [-0.4, -0.2) is 61.7 Å². The first kappa shape index (κ1) is 23.4. The molecular formula is C10H12F6N4O6. The van der Waals surface area contributed by atoms with Crippen molar-refractivity contribution >= 4 is 24.1 Å². The van der Waals surface area contributed by atoms with Crippen LogP contribution in [-0.2, 0) is 19.1 Å². The Balaban J connectivity index is 4.29. The van der Waals surface area contributed by atoms with Gasteiger partial charge < -0.3 is 31.6 Å². The van der Waals surface area contributed by atoms with Crippen molar-refractivity contribution in [2.24, 2.45) is 11.5 Å². The molecule has 150 valence electrons. The zero-order valence-electron chi connectivity index (χ0n) is 12.4. The summed E-state index contributed by atoms with van der Waals surface area (Å²) in [5, 5.41) is 2.82. The van der Waals surface area contributed by atoms with E-state index in [1.165, 1.54) is 10.6 Å². The van der Waals surface area contributed by atoms with Crippen molar-refractivity contribution in [2.45, 2.75) is 24.4 Å². The van der Waals surface area contributed by atoms with Crippen LogP contribution in [0.15, 0.2) is 0 Å². The van der Waals surface area contributed by atoms with Crippen molar-refractivity contribution < 1.29 is 55.0 Å². The van der Waals surface area contributed by atoms with E-state index in [4.69, 9.17) is 0 Å². The number of alkyl carbamates (subject to hydrolysis) is 2. The largest absolute Gasteiger partial charge is 0.426 e.